The molecule has 0 unspecified atom stereocenters. The average molecular weight is 611 g/mol. The molecule has 0 fully saturated rings. The summed E-state index contributed by atoms with van der Waals surface area (Å²) >= 11 is 0. The maximum absolute atomic E-state index is 14.1. The van der Waals surface area contributed by atoms with Gasteiger partial charge >= 0.3 is 0 Å². The van der Waals surface area contributed by atoms with Crippen LogP contribution in [0, 0.1) is 17.0 Å². The van der Waals surface area contributed by atoms with E-state index < -0.39 is 33.4 Å². The lowest BCUT2D eigenvalue weighted by Crippen LogP contribution is -2.53. The Labute approximate surface area is 252 Å². The maximum atomic E-state index is 14.1. The molecule has 230 valence electrons. The first kappa shape index (κ1) is 33.1. The molecule has 3 aromatic rings. The Kier molecular flexibility index (Phi) is 11.2. The number of nitro groups is 1. The molecule has 1 N–H and O–H groups in total. The number of hydrogen-bond donors (Lipinski definition) is 1. The van der Waals surface area contributed by atoms with Crippen LogP contribution in [0.1, 0.15) is 44.7 Å². The van der Waals surface area contributed by atoms with E-state index in [-0.39, 0.29) is 34.8 Å². The van der Waals surface area contributed by atoms with Crippen LogP contribution >= 0.6 is 0 Å². The fourth-order valence-corrected chi connectivity index (χ4v) is 5.93. The van der Waals surface area contributed by atoms with Crippen molar-refractivity contribution in [2.45, 2.75) is 64.1 Å². The molecule has 12 heteroatoms. The molecule has 0 bridgehead atoms. The molecule has 0 spiro atoms. The SMILES string of the molecule is CC[C@@H](C)NC(=O)[C@H](CC)N(Cc1ccccc1)C(=O)CN(c1ccc(OC)cc1)S(=O)(=O)c1ccc(C)c([N+](=O)[O-])c1. The van der Waals surface area contributed by atoms with Gasteiger partial charge in [-0.25, -0.2) is 8.42 Å². The highest BCUT2D eigenvalue weighted by molar-refractivity contribution is 7.92. The number of carbonyl (C=O) groups excluding carboxylic acids is 2. The lowest BCUT2D eigenvalue weighted by Gasteiger charge is -2.33. The van der Waals surface area contributed by atoms with Gasteiger partial charge in [0.15, 0.2) is 0 Å². The fraction of sp³-hybridized carbons (Fsp3) is 0.355. The summed E-state index contributed by atoms with van der Waals surface area (Å²) in [6.45, 7) is 6.51. The predicted octanol–water partition coefficient (Wildman–Crippen LogP) is 4.83. The second kappa shape index (κ2) is 14.6. The van der Waals surface area contributed by atoms with Crippen molar-refractivity contribution in [3.05, 3.63) is 94.0 Å². The number of aryl methyl sites for hydroxylation is 1. The van der Waals surface area contributed by atoms with Crippen molar-refractivity contribution in [3.63, 3.8) is 0 Å². The maximum Gasteiger partial charge on any atom is 0.273 e. The van der Waals surface area contributed by atoms with Crippen LogP contribution in [0.2, 0.25) is 0 Å². The van der Waals surface area contributed by atoms with Crippen LogP contribution in [-0.4, -0.2) is 55.8 Å². The number of methoxy groups -OCH3 is 1. The molecule has 2 amide bonds. The zero-order valence-electron chi connectivity index (χ0n) is 25.0. The number of benzene rings is 3. The van der Waals surface area contributed by atoms with E-state index in [1.807, 2.05) is 44.2 Å². The molecular formula is C31H38N4O7S. The van der Waals surface area contributed by atoms with Gasteiger partial charge in [0.1, 0.15) is 18.3 Å². The highest BCUT2D eigenvalue weighted by Crippen LogP contribution is 2.29. The minimum atomic E-state index is -4.48. The van der Waals surface area contributed by atoms with E-state index in [9.17, 15) is 28.1 Å². The number of nitrogens with one attached hydrogen (secondary N) is 1. The van der Waals surface area contributed by atoms with Crippen LogP contribution in [0.25, 0.3) is 0 Å². The number of rotatable bonds is 14. The number of nitrogens with zero attached hydrogens (tertiary/aromatic N) is 3. The van der Waals surface area contributed by atoms with Crippen molar-refractivity contribution in [1.29, 1.82) is 0 Å². The minimum Gasteiger partial charge on any atom is -0.497 e. The van der Waals surface area contributed by atoms with E-state index in [1.165, 1.54) is 43.2 Å². The van der Waals surface area contributed by atoms with Crippen LogP contribution in [0.15, 0.2) is 77.7 Å². The summed E-state index contributed by atoms with van der Waals surface area (Å²) in [6.07, 6.45) is 0.987. The van der Waals surface area contributed by atoms with Gasteiger partial charge in [-0.1, -0.05) is 50.2 Å². The van der Waals surface area contributed by atoms with Gasteiger partial charge in [0.05, 0.1) is 22.6 Å². The summed E-state index contributed by atoms with van der Waals surface area (Å²) in [5.41, 5.74) is 0.844. The number of anilines is 1. The third-order valence-electron chi connectivity index (χ3n) is 7.19. The first-order valence-electron chi connectivity index (χ1n) is 14.0. The molecule has 3 aromatic carbocycles. The molecule has 0 saturated heterocycles. The van der Waals surface area contributed by atoms with E-state index in [2.05, 4.69) is 5.32 Å². The van der Waals surface area contributed by atoms with Gasteiger partial charge < -0.3 is 15.0 Å². The summed E-state index contributed by atoms with van der Waals surface area (Å²) in [7, 11) is -3.02. The Morgan fingerprint density at radius 3 is 2.21 bits per heavy atom. The molecule has 2 atom stereocenters. The summed E-state index contributed by atoms with van der Waals surface area (Å²) in [4.78, 5) is 39.5. The van der Waals surface area contributed by atoms with Crippen molar-refractivity contribution in [1.82, 2.24) is 10.2 Å². The standard InChI is InChI=1S/C31H38N4O7S/c1-6-23(4)32-31(37)28(7-2)33(20-24-11-9-8-10-12-24)30(36)21-34(25-14-16-26(42-5)17-15-25)43(40,41)27-18-13-22(3)29(19-27)35(38)39/h8-19,23,28H,6-7,20-21H2,1-5H3,(H,32,37)/t23-,28+/m1/s1. The van der Waals surface area contributed by atoms with Crippen LogP contribution in [0.4, 0.5) is 11.4 Å². The van der Waals surface area contributed by atoms with Gasteiger partial charge in [-0.2, -0.15) is 0 Å². The molecule has 0 aliphatic carbocycles. The largest absolute Gasteiger partial charge is 0.497 e. The lowest BCUT2D eigenvalue weighted by atomic mass is 10.1. The third kappa shape index (κ3) is 8.10. The average Bonchev–Trinajstić information content (AvgIpc) is 3.00. The van der Waals surface area contributed by atoms with E-state index >= 15 is 0 Å². The first-order valence-corrected chi connectivity index (χ1v) is 15.4. The van der Waals surface area contributed by atoms with E-state index in [0.29, 0.717) is 24.2 Å². The molecule has 43 heavy (non-hydrogen) atoms. The van der Waals surface area contributed by atoms with Gasteiger partial charge in [-0.15, -0.1) is 0 Å². The molecule has 3 rings (SSSR count). The van der Waals surface area contributed by atoms with E-state index in [4.69, 9.17) is 4.74 Å². The zero-order valence-corrected chi connectivity index (χ0v) is 25.8. The van der Waals surface area contributed by atoms with Crippen LogP contribution in [0.5, 0.6) is 5.75 Å². The van der Waals surface area contributed by atoms with Crippen molar-refractivity contribution in [2.75, 3.05) is 18.0 Å². The molecule has 0 aliphatic heterocycles. The highest BCUT2D eigenvalue weighted by Gasteiger charge is 2.34. The molecule has 0 aliphatic rings. The van der Waals surface area contributed by atoms with E-state index in [0.717, 1.165) is 15.9 Å². The van der Waals surface area contributed by atoms with Gasteiger partial charge in [-0.3, -0.25) is 24.0 Å². The molecular weight excluding hydrogens is 572 g/mol. The van der Waals surface area contributed by atoms with Crippen molar-refractivity contribution >= 4 is 33.2 Å². The Morgan fingerprint density at radius 2 is 1.65 bits per heavy atom. The number of carbonyl (C=O) groups is 2. The molecule has 0 saturated carbocycles. The predicted molar refractivity (Wildman–Crippen MR) is 164 cm³/mol. The Hall–Kier alpha value is -4.45. The van der Waals surface area contributed by atoms with Crippen LogP contribution in [-0.2, 0) is 26.2 Å². The van der Waals surface area contributed by atoms with Crippen molar-refractivity contribution < 1.29 is 27.7 Å². The first-order chi connectivity index (χ1) is 20.4. The van der Waals surface area contributed by atoms with Crippen molar-refractivity contribution in [2.24, 2.45) is 0 Å². The van der Waals surface area contributed by atoms with Gasteiger partial charge in [0, 0.05) is 24.2 Å². The summed E-state index contributed by atoms with van der Waals surface area (Å²) < 4.78 is 34.3. The summed E-state index contributed by atoms with van der Waals surface area (Å²) in [5, 5.41) is 14.5. The Morgan fingerprint density at radius 1 is 1.00 bits per heavy atom. The fourth-order valence-electron chi connectivity index (χ4n) is 4.49. The monoisotopic (exact) mass is 610 g/mol. The van der Waals surface area contributed by atoms with Gasteiger partial charge in [0.2, 0.25) is 11.8 Å². The molecule has 0 radical (unpaired) electrons. The number of nitro benzene ring substituents is 1. The smallest absolute Gasteiger partial charge is 0.273 e. The van der Waals surface area contributed by atoms with Crippen molar-refractivity contribution in [3.8, 4) is 5.75 Å². The number of amides is 2. The Bertz CT molecular complexity index is 1530. The normalized spacial score (nSPS) is 12.6. The molecule has 0 aromatic heterocycles. The number of sulfonamides is 1. The van der Waals surface area contributed by atoms with Crippen LogP contribution < -0.4 is 14.4 Å². The zero-order chi connectivity index (χ0) is 31.7. The molecule has 11 nitrogen and oxygen atoms in total. The minimum absolute atomic E-state index is 0.0681. The highest BCUT2D eigenvalue weighted by atomic mass is 32.2. The summed E-state index contributed by atoms with van der Waals surface area (Å²) in [5.74, 6) is -0.484. The second-order valence-corrected chi connectivity index (χ2v) is 12.0. The second-order valence-electron chi connectivity index (χ2n) is 10.2. The van der Waals surface area contributed by atoms with Crippen LogP contribution in [0.3, 0.4) is 0 Å². The summed E-state index contributed by atoms with van der Waals surface area (Å²) in [6, 6.07) is 17.8. The topological polar surface area (TPSA) is 139 Å². The lowest BCUT2D eigenvalue weighted by molar-refractivity contribution is -0.385. The molecule has 0 heterocycles. The van der Waals surface area contributed by atoms with E-state index in [1.54, 1.807) is 19.1 Å². The number of ether oxygens (including phenoxy) is 1. The number of hydrogen-bond acceptors (Lipinski definition) is 7. The quantitative estimate of drug-likeness (QED) is 0.204. The Balaban J connectivity index is 2.11. The van der Waals surface area contributed by atoms with Gasteiger partial charge in [0.25, 0.3) is 15.7 Å². The van der Waals surface area contributed by atoms with Gasteiger partial charge in [-0.05, 0) is 62.6 Å². The third-order valence-corrected chi connectivity index (χ3v) is 8.96.